The molecular weight excluding hydrogens is 540 g/mol. The van der Waals surface area contributed by atoms with Crippen molar-refractivity contribution in [2.45, 2.75) is 64.1 Å². The lowest BCUT2D eigenvalue weighted by Gasteiger charge is -2.28. The second kappa shape index (κ2) is 13.1. The summed E-state index contributed by atoms with van der Waals surface area (Å²) in [6, 6.07) is 16.3. The van der Waals surface area contributed by atoms with Crippen molar-refractivity contribution in [1.29, 1.82) is 0 Å². The van der Waals surface area contributed by atoms with E-state index in [0.29, 0.717) is 17.8 Å². The maximum absolute atomic E-state index is 13.7. The molecule has 1 aliphatic rings. The van der Waals surface area contributed by atoms with E-state index in [1.165, 1.54) is 11.3 Å². The lowest BCUT2D eigenvalue weighted by molar-refractivity contribution is -0.142. The molecule has 1 saturated heterocycles. The van der Waals surface area contributed by atoms with Crippen molar-refractivity contribution in [1.82, 2.24) is 21.3 Å². The molecule has 2 aromatic carbocycles. The monoisotopic (exact) mass is 576 g/mol. The van der Waals surface area contributed by atoms with Gasteiger partial charge in [0.1, 0.15) is 6.04 Å². The van der Waals surface area contributed by atoms with Gasteiger partial charge in [0.05, 0.1) is 10.9 Å². The Morgan fingerprint density at radius 1 is 0.976 bits per heavy atom. The fraction of sp³-hybridized carbons (Fsp3) is 0.387. The highest BCUT2D eigenvalue weighted by Crippen LogP contribution is 2.25. The number of carbonyl (C=O) groups excluding carboxylic acids is 5. The summed E-state index contributed by atoms with van der Waals surface area (Å²) in [6.07, 6.45) is 1.43. The molecule has 0 unspecified atom stereocenters. The Bertz CT molecular complexity index is 1400. The zero-order valence-corrected chi connectivity index (χ0v) is 24.3. The number of benzene rings is 2. The molecule has 2 heterocycles. The molecule has 41 heavy (non-hydrogen) atoms. The van der Waals surface area contributed by atoms with Gasteiger partial charge in [0.2, 0.25) is 17.6 Å². The number of piperidine rings is 1. The molecule has 216 valence electrons. The van der Waals surface area contributed by atoms with Gasteiger partial charge in [-0.15, -0.1) is 11.3 Å². The quantitative estimate of drug-likeness (QED) is 0.275. The summed E-state index contributed by atoms with van der Waals surface area (Å²) in [7, 11) is 0. The Morgan fingerprint density at radius 3 is 2.37 bits per heavy atom. The first-order chi connectivity index (χ1) is 19.5. The van der Waals surface area contributed by atoms with Crippen LogP contribution >= 0.6 is 11.3 Å². The van der Waals surface area contributed by atoms with Gasteiger partial charge >= 0.3 is 0 Å². The molecule has 0 spiro atoms. The topological polar surface area (TPSA) is 133 Å². The standard InChI is InChI=1S/C31H36N4O5S/c1-31(2,3)35-30(40)26(36)22(17-21-13-9-15-32-27(21)37)33-28(38)23(16-19-10-5-4-6-11-19)34-29(39)25-18-20-12-7-8-14-24(20)41-25/h4-8,10-12,14,18,21-23H,9,13,15-17H2,1-3H3,(H,32,37)(H,33,38)(H,34,39)(H,35,40)/t21-,22-,23-/m0/s1. The summed E-state index contributed by atoms with van der Waals surface area (Å²) in [6.45, 7) is 5.80. The zero-order valence-electron chi connectivity index (χ0n) is 23.5. The summed E-state index contributed by atoms with van der Waals surface area (Å²) < 4.78 is 0.947. The van der Waals surface area contributed by atoms with Crippen molar-refractivity contribution in [3.05, 3.63) is 71.1 Å². The fourth-order valence-corrected chi connectivity index (χ4v) is 5.76. The van der Waals surface area contributed by atoms with E-state index in [1.807, 2.05) is 54.6 Å². The number of thiophene rings is 1. The van der Waals surface area contributed by atoms with Gasteiger partial charge in [-0.25, -0.2) is 0 Å². The molecule has 1 aliphatic heterocycles. The van der Waals surface area contributed by atoms with Crippen LogP contribution in [0.5, 0.6) is 0 Å². The number of Topliss-reactive ketones (excluding diaryl/α,β-unsaturated/α-hetero) is 1. The van der Waals surface area contributed by atoms with Gasteiger partial charge in [-0.3, -0.25) is 24.0 Å². The molecule has 0 radical (unpaired) electrons. The lowest BCUT2D eigenvalue weighted by Crippen LogP contribution is -2.57. The van der Waals surface area contributed by atoms with Crippen molar-refractivity contribution in [2.24, 2.45) is 5.92 Å². The minimum absolute atomic E-state index is 0.0176. The highest BCUT2D eigenvalue weighted by molar-refractivity contribution is 7.20. The van der Waals surface area contributed by atoms with Gasteiger partial charge in [-0.05, 0) is 63.1 Å². The second-order valence-electron chi connectivity index (χ2n) is 11.4. The Balaban J connectivity index is 1.57. The minimum Gasteiger partial charge on any atom is -0.356 e. The summed E-state index contributed by atoms with van der Waals surface area (Å²) >= 11 is 1.32. The molecule has 3 aromatic rings. The third-order valence-corrected chi connectivity index (χ3v) is 7.93. The molecule has 9 nitrogen and oxygen atoms in total. The van der Waals surface area contributed by atoms with Gasteiger partial charge < -0.3 is 21.3 Å². The molecule has 0 bridgehead atoms. The van der Waals surface area contributed by atoms with Gasteiger partial charge in [0.15, 0.2) is 0 Å². The largest absolute Gasteiger partial charge is 0.356 e. The van der Waals surface area contributed by atoms with Crippen molar-refractivity contribution < 1.29 is 24.0 Å². The lowest BCUT2D eigenvalue weighted by atomic mass is 9.89. The van der Waals surface area contributed by atoms with Crippen LogP contribution < -0.4 is 21.3 Å². The maximum Gasteiger partial charge on any atom is 0.290 e. The number of rotatable bonds is 10. The Labute approximate surface area is 243 Å². The van der Waals surface area contributed by atoms with E-state index in [9.17, 15) is 24.0 Å². The van der Waals surface area contributed by atoms with Crippen LogP contribution in [0.4, 0.5) is 0 Å². The SMILES string of the molecule is CC(C)(C)NC(=O)C(=O)[C@H](C[C@@H]1CCCNC1=O)NC(=O)[C@H](Cc1ccccc1)NC(=O)c1cc2ccccc2s1. The number of ketones is 1. The second-order valence-corrected chi connectivity index (χ2v) is 12.4. The third kappa shape index (κ3) is 8.23. The van der Waals surface area contributed by atoms with Gasteiger partial charge in [-0.1, -0.05) is 48.5 Å². The van der Waals surface area contributed by atoms with Crippen LogP contribution in [0, 0.1) is 5.92 Å². The first kappa shape index (κ1) is 29.9. The molecule has 10 heteroatoms. The Hall–Kier alpha value is -4.05. The van der Waals surface area contributed by atoms with Crippen LogP contribution in [0.25, 0.3) is 10.1 Å². The predicted octanol–water partition coefficient (Wildman–Crippen LogP) is 3.13. The van der Waals surface area contributed by atoms with Crippen molar-refractivity contribution in [2.75, 3.05) is 6.54 Å². The van der Waals surface area contributed by atoms with Crippen molar-refractivity contribution >= 4 is 50.8 Å². The molecule has 1 aromatic heterocycles. The van der Waals surface area contributed by atoms with Crippen LogP contribution in [0.3, 0.4) is 0 Å². The van der Waals surface area contributed by atoms with E-state index >= 15 is 0 Å². The van der Waals surface area contributed by atoms with Crippen molar-refractivity contribution in [3.8, 4) is 0 Å². The van der Waals surface area contributed by atoms with Crippen molar-refractivity contribution in [3.63, 3.8) is 0 Å². The molecule has 1 fully saturated rings. The molecule has 4 N–H and O–H groups in total. The number of hydrogen-bond acceptors (Lipinski definition) is 6. The number of hydrogen-bond donors (Lipinski definition) is 4. The van der Waals surface area contributed by atoms with E-state index in [1.54, 1.807) is 26.8 Å². The Morgan fingerprint density at radius 2 is 1.68 bits per heavy atom. The fourth-order valence-electron chi connectivity index (χ4n) is 4.79. The van der Waals surface area contributed by atoms with Gasteiger partial charge in [0, 0.05) is 29.1 Å². The summed E-state index contributed by atoms with van der Waals surface area (Å²) in [5.74, 6) is -3.43. The average Bonchev–Trinajstić information content (AvgIpc) is 3.37. The highest BCUT2D eigenvalue weighted by Gasteiger charge is 2.36. The van der Waals surface area contributed by atoms with E-state index in [2.05, 4.69) is 21.3 Å². The van der Waals surface area contributed by atoms with Crippen LogP contribution in [0.15, 0.2) is 60.7 Å². The van der Waals surface area contributed by atoms with E-state index < -0.39 is 47.0 Å². The van der Waals surface area contributed by atoms with Gasteiger partial charge in [0.25, 0.3) is 11.8 Å². The van der Waals surface area contributed by atoms with Crippen LogP contribution in [-0.2, 0) is 25.6 Å². The zero-order chi connectivity index (χ0) is 29.6. The van der Waals surface area contributed by atoms with Gasteiger partial charge in [-0.2, -0.15) is 0 Å². The number of nitrogens with one attached hydrogen (secondary N) is 4. The molecule has 0 aliphatic carbocycles. The molecule has 4 rings (SSSR count). The smallest absolute Gasteiger partial charge is 0.290 e. The normalized spacial score (nSPS) is 16.8. The highest BCUT2D eigenvalue weighted by atomic mass is 32.1. The van der Waals surface area contributed by atoms with Crippen LogP contribution in [-0.4, -0.2) is 53.6 Å². The number of fused-ring (bicyclic) bond motifs is 1. The Kier molecular flexibility index (Phi) is 9.54. The number of carbonyl (C=O) groups is 5. The van der Waals surface area contributed by atoms with Crippen LogP contribution in [0.1, 0.15) is 55.3 Å². The average molecular weight is 577 g/mol. The first-order valence-corrected chi connectivity index (χ1v) is 14.6. The maximum atomic E-state index is 13.7. The molecule has 0 saturated carbocycles. The van der Waals surface area contributed by atoms with E-state index in [0.717, 1.165) is 22.1 Å². The number of amides is 4. The third-order valence-electron chi connectivity index (χ3n) is 6.82. The minimum atomic E-state index is -1.24. The summed E-state index contributed by atoms with van der Waals surface area (Å²) in [4.78, 5) is 66.1. The molecule has 3 atom stereocenters. The van der Waals surface area contributed by atoms with E-state index in [4.69, 9.17) is 0 Å². The summed E-state index contributed by atoms with van der Waals surface area (Å²) in [5.41, 5.74) is 0.140. The molecule has 4 amide bonds. The molecular formula is C31H36N4O5S. The van der Waals surface area contributed by atoms with E-state index in [-0.39, 0.29) is 18.7 Å². The van der Waals surface area contributed by atoms with Crippen LogP contribution in [0.2, 0.25) is 0 Å². The predicted molar refractivity (Wildman–Crippen MR) is 158 cm³/mol. The summed E-state index contributed by atoms with van der Waals surface area (Å²) in [5, 5.41) is 11.9. The first-order valence-electron chi connectivity index (χ1n) is 13.8.